The van der Waals surface area contributed by atoms with Crippen molar-refractivity contribution in [3.8, 4) is 0 Å². The molecule has 6 nitrogen and oxygen atoms in total. The van der Waals surface area contributed by atoms with Crippen molar-refractivity contribution in [3.05, 3.63) is 18.2 Å². The fourth-order valence-corrected chi connectivity index (χ4v) is 3.25. The SMILES string of the molecule is CN1CCC(Nc2ccc(S(=O)(=O)N(C)C)cc2N)C1. The summed E-state index contributed by atoms with van der Waals surface area (Å²) in [5.41, 5.74) is 7.23. The Labute approximate surface area is 120 Å². The van der Waals surface area contributed by atoms with Gasteiger partial charge in [-0.2, -0.15) is 0 Å². The summed E-state index contributed by atoms with van der Waals surface area (Å²) < 4.78 is 25.2. The molecular formula is C13H22N4O2S. The molecule has 3 N–H and O–H groups in total. The molecule has 0 saturated carbocycles. The number of hydrogen-bond acceptors (Lipinski definition) is 5. The van der Waals surface area contributed by atoms with Gasteiger partial charge in [0.15, 0.2) is 0 Å². The number of nitrogens with zero attached hydrogens (tertiary/aromatic N) is 2. The normalized spacial score (nSPS) is 20.5. The highest BCUT2D eigenvalue weighted by molar-refractivity contribution is 7.89. The lowest BCUT2D eigenvalue weighted by molar-refractivity contribution is 0.414. The third-order valence-electron chi connectivity index (χ3n) is 3.55. The van der Waals surface area contributed by atoms with Gasteiger partial charge in [-0.25, -0.2) is 12.7 Å². The van der Waals surface area contributed by atoms with Gasteiger partial charge in [-0.15, -0.1) is 0 Å². The van der Waals surface area contributed by atoms with Gasteiger partial charge < -0.3 is 16.0 Å². The molecule has 20 heavy (non-hydrogen) atoms. The van der Waals surface area contributed by atoms with Crippen LogP contribution in [0.2, 0.25) is 0 Å². The van der Waals surface area contributed by atoms with E-state index in [1.807, 2.05) is 0 Å². The zero-order chi connectivity index (χ0) is 14.9. The second-order valence-corrected chi connectivity index (χ2v) is 7.58. The van der Waals surface area contributed by atoms with Gasteiger partial charge >= 0.3 is 0 Å². The summed E-state index contributed by atoms with van der Waals surface area (Å²) in [4.78, 5) is 2.47. The van der Waals surface area contributed by atoms with Gasteiger partial charge in [-0.3, -0.25) is 0 Å². The predicted octanol–water partition coefficient (Wildman–Crippen LogP) is 0.635. The predicted molar refractivity (Wildman–Crippen MR) is 81.3 cm³/mol. The molecule has 1 aliphatic rings. The highest BCUT2D eigenvalue weighted by Gasteiger charge is 2.21. The van der Waals surface area contributed by atoms with Crippen molar-refractivity contribution in [1.82, 2.24) is 9.21 Å². The first-order valence-corrected chi connectivity index (χ1v) is 8.02. The highest BCUT2D eigenvalue weighted by atomic mass is 32.2. The van der Waals surface area contributed by atoms with Gasteiger partial charge in [0.1, 0.15) is 0 Å². The topological polar surface area (TPSA) is 78.7 Å². The number of sulfonamides is 1. The first kappa shape index (κ1) is 15.1. The van der Waals surface area contributed by atoms with E-state index in [-0.39, 0.29) is 4.90 Å². The second-order valence-electron chi connectivity index (χ2n) is 5.43. The molecule has 0 bridgehead atoms. The van der Waals surface area contributed by atoms with Crippen molar-refractivity contribution >= 4 is 21.4 Å². The van der Waals surface area contributed by atoms with Crippen LogP contribution in [0.15, 0.2) is 23.1 Å². The lowest BCUT2D eigenvalue weighted by atomic mass is 10.2. The molecule has 112 valence electrons. The van der Waals surface area contributed by atoms with Crippen LogP contribution in [0.4, 0.5) is 11.4 Å². The number of hydrogen-bond donors (Lipinski definition) is 2. The van der Waals surface area contributed by atoms with E-state index in [4.69, 9.17) is 5.73 Å². The van der Waals surface area contributed by atoms with Gasteiger partial charge in [0.05, 0.1) is 16.3 Å². The minimum absolute atomic E-state index is 0.217. The standard InChI is InChI=1S/C13H22N4O2S/c1-16(2)20(18,19)11-4-5-13(12(14)8-11)15-10-6-7-17(3)9-10/h4-5,8,10,15H,6-7,9,14H2,1-3H3. The van der Waals surface area contributed by atoms with Crippen LogP contribution in [0.3, 0.4) is 0 Å². The lowest BCUT2D eigenvalue weighted by Gasteiger charge is -2.17. The van der Waals surface area contributed by atoms with Gasteiger partial charge in [0.2, 0.25) is 10.0 Å². The molecular weight excluding hydrogens is 276 g/mol. The van der Waals surface area contributed by atoms with Crippen LogP contribution in [0.25, 0.3) is 0 Å². The number of benzene rings is 1. The molecule has 2 rings (SSSR count). The average molecular weight is 298 g/mol. The van der Waals surface area contributed by atoms with Crippen LogP contribution in [-0.2, 0) is 10.0 Å². The van der Waals surface area contributed by atoms with Crippen molar-refractivity contribution in [2.45, 2.75) is 17.4 Å². The Morgan fingerprint density at radius 1 is 1.40 bits per heavy atom. The molecule has 0 radical (unpaired) electrons. The number of rotatable bonds is 4. The van der Waals surface area contributed by atoms with Gasteiger partial charge in [0.25, 0.3) is 0 Å². The lowest BCUT2D eigenvalue weighted by Crippen LogP contribution is -2.24. The molecule has 1 unspecified atom stereocenters. The molecule has 1 fully saturated rings. The summed E-state index contributed by atoms with van der Waals surface area (Å²) in [5.74, 6) is 0. The van der Waals surface area contributed by atoms with Crippen molar-refractivity contribution in [3.63, 3.8) is 0 Å². The van der Waals surface area contributed by atoms with Crippen LogP contribution in [0, 0.1) is 0 Å². The van der Waals surface area contributed by atoms with Crippen LogP contribution in [0.5, 0.6) is 0 Å². The van der Waals surface area contributed by atoms with E-state index in [1.54, 1.807) is 12.1 Å². The Hall–Kier alpha value is -1.31. The summed E-state index contributed by atoms with van der Waals surface area (Å²) in [6, 6.07) is 5.20. The summed E-state index contributed by atoms with van der Waals surface area (Å²) >= 11 is 0. The van der Waals surface area contributed by atoms with Crippen LogP contribution in [0.1, 0.15) is 6.42 Å². The van der Waals surface area contributed by atoms with E-state index >= 15 is 0 Å². The van der Waals surface area contributed by atoms with E-state index in [1.165, 1.54) is 24.5 Å². The van der Waals surface area contributed by atoms with Gasteiger partial charge in [-0.05, 0) is 38.2 Å². The minimum atomic E-state index is -3.43. The van der Waals surface area contributed by atoms with Crippen LogP contribution < -0.4 is 11.1 Å². The quantitative estimate of drug-likeness (QED) is 0.797. The maximum atomic E-state index is 12.0. The molecule has 1 aliphatic heterocycles. The molecule has 7 heteroatoms. The molecule has 0 spiro atoms. The molecule has 1 aromatic carbocycles. The molecule has 1 saturated heterocycles. The third kappa shape index (κ3) is 3.05. The van der Waals surface area contributed by atoms with Gasteiger partial charge in [0, 0.05) is 26.7 Å². The summed E-state index contributed by atoms with van der Waals surface area (Å²) in [6.45, 7) is 2.03. The molecule has 1 heterocycles. The number of nitrogen functional groups attached to an aromatic ring is 1. The summed E-state index contributed by atoms with van der Waals surface area (Å²) in [6.07, 6.45) is 1.06. The van der Waals surface area contributed by atoms with E-state index in [0.29, 0.717) is 11.7 Å². The molecule has 1 atom stereocenters. The fourth-order valence-electron chi connectivity index (χ4n) is 2.32. The van der Waals surface area contributed by atoms with Gasteiger partial charge in [-0.1, -0.05) is 0 Å². The zero-order valence-electron chi connectivity index (χ0n) is 12.1. The number of likely N-dealkylation sites (N-methyl/N-ethyl adjacent to an activating group) is 1. The number of anilines is 2. The van der Waals surface area contributed by atoms with Crippen molar-refractivity contribution in [2.75, 3.05) is 45.3 Å². The minimum Gasteiger partial charge on any atom is -0.397 e. The monoisotopic (exact) mass is 298 g/mol. The Bertz CT molecular complexity index is 586. The van der Waals surface area contributed by atoms with E-state index in [2.05, 4.69) is 17.3 Å². The first-order valence-electron chi connectivity index (χ1n) is 6.58. The maximum absolute atomic E-state index is 12.0. The maximum Gasteiger partial charge on any atom is 0.242 e. The van der Waals surface area contributed by atoms with Crippen molar-refractivity contribution in [1.29, 1.82) is 0 Å². The average Bonchev–Trinajstić information content (AvgIpc) is 2.77. The Balaban J connectivity index is 2.18. The van der Waals surface area contributed by atoms with Crippen LogP contribution in [-0.4, -0.2) is 57.9 Å². The smallest absolute Gasteiger partial charge is 0.242 e. The van der Waals surface area contributed by atoms with E-state index in [9.17, 15) is 8.42 Å². The number of nitrogens with two attached hydrogens (primary N) is 1. The second kappa shape index (κ2) is 5.59. The Kier molecular flexibility index (Phi) is 4.22. The highest BCUT2D eigenvalue weighted by Crippen LogP contribution is 2.25. The molecule has 1 aromatic rings. The number of likely N-dealkylation sites (tertiary alicyclic amines) is 1. The Morgan fingerprint density at radius 2 is 2.10 bits per heavy atom. The van der Waals surface area contributed by atoms with Crippen molar-refractivity contribution < 1.29 is 8.42 Å². The molecule has 0 amide bonds. The summed E-state index contributed by atoms with van der Waals surface area (Å²) in [7, 11) is 1.66. The third-order valence-corrected chi connectivity index (χ3v) is 5.36. The van der Waals surface area contributed by atoms with E-state index in [0.717, 1.165) is 25.2 Å². The number of nitrogens with one attached hydrogen (secondary N) is 1. The zero-order valence-corrected chi connectivity index (χ0v) is 12.9. The van der Waals surface area contributed by atoms with Crippen LogP contribution >= 0.6 is 0 Å². The first-order chi connectivity index (χ1) is 9.30. The fraction of sp³-hybridized carbons (Fsp3) is 0.538. The van der Waals surface area contributed by atoms with E-state index < -0.39 is 10.0 Å². The van der Waals surface area contributed by atoms with Crippen molar-refractivity contribution in [2.24, 2.45) is 0 Å². The summed E-state index contributed by atoms with van der Waals surface area (Å²) in [5, 5.41) is 3.37. The molecule has 0 aliphatic carbocycles. The molecule has 0 aromatic heterocycles. The largest absolute Gasteiger partial charge is 0.397 e. The Morgan fingerprint density at radius 3 is 2.60 bits per heavy atom.